The third kappa shape index (κ3) is 6.40. The topological polar surface area (TPSA) is 76.8 Å². The lowest BCUT2D eigenvalue weighted by molar-refractivity contribution is -0.143. The van der Waals surface area contributed by atoms with E-state index in [2.05, 4.69) is 12.0 Å². The van der Waals surface area contributed by atoms with E-state index in [1.807, 2.05) is 0 Å². The van der Waals surface area contributed by atoms with Crippen molar-refractivity contribution in [1.82, 2.24) is 14.0 Å². The van der Waals surface area contributed by atoms with Gasteiger partial charge in [-0.05, 0) is 36.4 Å². The zero-order valence-corrected chi connectivity index (χ0v) is 20.2. The van der Waals surface area contributed by atoms with Gasteiger partial charge in [-0.25, -0.2) is 18.5 Å². The predicted molar refractivity (Wildman–Crippen MR) is 123 cm³/mol. The lowest BCUT2D eigenvalue weighted by Gasteiger charge is -2.22. The molecule has 0 aliphatic heterocycles. The fourth-order valence-electron chi connectivity index (χ4n) is 3.07. The SMILES string of the molecule is CN(C)C(=O)C#Cn1ccn(-c2cc(C(F)(F)F)cc(C(F)(F)F)c2OC(=O)N(C)c2ccc(F)cc2)c1=O. The van der Waals surface area contributed by atoms with E-state index in [4.69, 9.17) is 4.74 Å². The number of rotatable bonds is 3. The first-order chi connectivity index (χ1) is 18.0. The lowest BCUT2D eigenvalue weighted by Crippen LogP contribution is -2.31. The summed E-state index contributed by atoms with van der Waals surface area (Å²) in [5.41, 5.74) is -6.15. The number of amides is 2. The van der Waals surface area contributed by atoms with Gasteiger partial charge in [0.2, 0.25) is 0 Å². The molecule has 2 amide bonds. The van der Waals surface area contributed by atoms with Crippen molar-refractivity contribution >= 4 is 17.7 Å². The molecule has 0 atom stereocenters. The molecule has 0 aliphatic rings. The van der Waals surface area contributed by atoms with Crippen molar-refractivity contribution in [1.29, 1.82) is 0 Å². The summed E-state index contributed by atoms with van der Waals surface area (Å²) in [6.45, 7) is 0. The number of halogens is 7. The van der Waals surface area contributed by atoms with Crippen molar-refractivity contribution in [2.75, 3.05) is 26.0 Å². The van der Waals surface area contributed by atoms with Crippen LogP contribution in [0.5, 0.6) is 5.75 Å². The second-order valence-corrected chi connectivity index (χ2v) is 8.03. The Balaban J connectivity index is 2.23. The Kier molecular flexibility index (Phi) is 7.80. The van der Waals surface area contributed by atoms with Crippen LogP contribution in [-0.4, -0.2) is 47.2 Å². The van der Waals surface area contributed by atoms with Crippen molar-refractivity contribution in [3.05, 3.63) is 76.2 Å². The molecule has 0 unspecified atom stereocenters. The molecule has 0 radical (unpaired) electrons. The van der Waals surface area contributed by atoms with Gasteiger partial charge in [0.1, 0.15) is 11.4 Å². The van der Waals surface area contributed by atoms with Crippen molar-refractivity contribution in [3.8, 4) is 23.4 Å². The Morgan fingerprint density at radius 1 is 0.923 bits per heavy atom. The molecular weight excluding hydrogens is 541 g/mol. The standard InChI is InChI=1S/C24H17F7N4O4/c1-32(2)19(36)8-9-34-10-11-35(21(34)37)18-13-14(23(26,27)28)12-17(24(29,30)31)20(18)39-22(38)33(3)16-6-4-15(25)5-7-16/h4-7,10-13H,1-3H3. The van der Waals surface area contributed by atoms with Gasteiger partial charge in [-0.2, -0.15) is 26.3 Å². The summed E-state index contributed by atoms with van der Waals surface area (Å²) >= 11 is 0. The number of hydrogen-bond acceptors (Lipinski definition) is 4. The fraction of sp³-hybridized carbons (Fsp3) is 0.208. The molecule has 2 aromatic carbocycles. The van der Waals surface area contributed by atoms with E-state index >= 15 is 0 Å². The molecule has 3 rings (SSSR count). The third-order valence-corrected chi connectivity index (χ3v) is 5.11. The molecule has 1 aromatic heterocycles. The van der Waals surface area contributed by atoms with Crippen molar-refractivity contribution in [3.63, 3.8) is 0 Å². The maximum atomic E-state index is 14.0. The summed E-state index contributed by atoms with van der Waals surface area (Å²) in [6.07, 6.45) is -10.6. The molecule has 0 aliphatic carbocycles. The van der Waals surface area contributed by atoms with E-state index in [-0.39, 0.29) is 17.8 Å². The van der Waals surface area contributed by atoms with E-state index in [1.165, 1.54) is 14.1 Å². The van der Waals surface area contributed by atoms with Crippen molar-refractivity contribution in [2.24, 2.45) is 0 Å². The van der Waals surface area contributed by atoms with Gasteiger partial charge < -0.3 is 9.64 Å². The maximum absolute atomic E-state index is 14.0. The van der Waals surface area contributed by atoms with Crippen LogP contribution >= 0.6 is 0 Å². The number of carbonyl (C=O) groups excluding carboxylic acids is 2. The highest BCUT2D eigenvalue weighted by atomic mass is 19.4. The molecule has 0 saturated heterocycles. The first-order valence-electron chi connectivity index (χ1n) is 10.6. The average molecular weight is 558 g/mol. The second-order valence-electron chi connectivity index (χ2n) is 8.03. The van der Waals surface area contributed by atoms with Crippen LogP contribution in [0.1, 0.15) is 11.1 Å². The minimum Gasteiger partial charge on any atom is -0.407 e. The summed E-state index contributed by atoms with van der Waals surface area (Å²) in [6, 6.07) is 6.18. The molecule has 0 bridgehead atoms. The number of carbonyl (C=O) groups is 2. The largest absolute Gasteiger partial charge is 0.420 e. The van der Waals surface area contributed by atoms with Crippen molar-refractivity contribution in [2.45, 2.75) is 12.4 Å². The Labute approximate surface area is 215 Å². The highest BCUT2D eigenvalue weighted by Gasteiger charge is 2.42. The van der Waals surface area contributed by atoms with Crippen LogP contribution < -0.4 is 15.3 Å². The number of aromatic nitrogens is 2. The van der Waals surface area contributed by atoms with E-state index in [0.29, 0.717) is 14.0 Å². The summed E-state index contributed by atoms with van der Waals surface area (Å²) < 4.78 is 102. The van der Waals surface area contributed by atoms with Crippen LogP contribution in [0.15, 0.2) is 53.6 Å². The van der Waals surface area contributed by atoms with E-state index in [1.54, 1.807) is 0 Å². The quantitative estimate of drug-likeness (QED) is 0.354. The molecule has 0 fully saturated rings. The number of imidazole rings is 1. The average Bonchev–Trinajstić information content (AvgIpc) is 3.20. The van der Waals surface area contributed by atoms with Crippen LogP contribution in [-0.2, 0) is 17.1 Å². The highest BCUT2D eigenvalue weighted by Crippen LogP contribution is 2.44. The van der Waals surface area contributed by atoms with E-state index < -0.39 is 58.4 Å². The zero-order chi connectivity index (χ0) is 29.3. The van der Waals surface area contributed by atoms with Gasteiger partial charge in [0, 0.05) is 51.2 Å². The third-order valence-electron chi connectivity index (χ3n) is 5.11. The molecule has 206 valence electrons. The first kappa shape index (κ1) is 28.8. The second kappa shape index (κ2) is 10.6. The number of benzene rings is 2. The zero-order valence-electron chi connectivity index (χ0n) is 20.2. The van der Waals surface area contributed by atoms with Crippen LogP contribution in [0.25, 0.3) is 5.69 Å². The van der Waals surface area contributed by atoms with E-state index in [9.17, 15) is 45.1 Å². The summed E-state index contributed by atoms with van der Waals surface area (Å²) in [4.78, 5) is 39.0. The molecule has 15 heteroatoms. The molecule has 8 nitrogen and oxygen atoms in total. The van der Waals surface area contributed by atoms with Crippen LogP contribution in [0.4, 0.5) is 41.2 Å². The minimum atomic E-state index is -5.47. The fourth-order valence-corrected chi connectivity index (χ4v) is 3.07. The number of ether oxygens (including phenoxy) is 1. The molecular formula is C24H17F7N4O4. The minimum absolute atomic E-state index is 0.0208. The smallest absolute Gasteiger partial charge is 0.407 e. The Morgan fingerprint density at radius 3 is 2.08 bits per heavy atom. The monoisotopic (exact) mass is 558 g/mol. The number of anilines is 1. The van der Waals surface area contributed by atoms with Gasteiger partial charge >= 0.3 is 24.1 Å². The highest BCUT2D eigenvalue weighted by molar-refractivity contribution is 5.93. The number of nitrogens with zero attached hydrogens (tertiary/aromatic N) is 4. The summed E-state index contributed by atoms with van der Waals surface area (Å²) in [5.74, 6) is -0.764. The van der Waals surface area contributed by atoms with Gasteiger partial charge in [-0.1, -0.05) is 0 Å². The molecule has 0 spiro atoms. The summed E-state index contributed by atoms with van der Waals surface area (Å²) in [7, 11) is 3.78. The maximum Gasteiger partial charge on any atom is 0.420 e. The van der Waals surface area contributed by atoms with Crippen LogP contribution in [0, 0.1) is 17.8 Å². The predicted octanol–water partition coefficient (Wildman–Crippen LogP) is 4.35. The molecule has 0 saturated carbocycles. The van der Waals surface area contributed by atoms with Gasteiger partial charge in [0.25, 0.3) is 5.91 Å². The molecule has 0 N–H and O–H groups in total. The number of hydrogen-bond donors (Lipinski definition) is 0. The van der Waals surface area contributed by atoms with Gasteiger partial charge in [-0.3, -0.25) is 14.3 Å². The van der Waals surface area contributed by atoms with Gasteiger partial charge in [0.15, 0.2) is 5.75 Å². The molecule has 3 aromatic rings. The Bertz CT molecular complexity index is 1530. The summed E-state index contributed by atoms with van der Waals surface area (Å²) in [5, 5.41) is 0. The number of alkyl halides is 6. The van der Waals surface area contributed by atoms with Crippen LogP contribution in [0.2, 0.25) is 0 Å². The molecule has 39 heavy (non-hydrogen) atoms. The normalized spacial score (nSPS) is 11.4. The first-order valence-corrected chi connectivity index (χ1v) is 10.6. The van der Waals surface area contributed by atoms with E-state index in [0.717, 1.165) is 48.6 Å². The Morgan fingerprint density at radius 2 is 1.54 bits per heavy atom. The van der Waals surface area contributed by atoms with Gasteiger partial charge in [-0.15, -0.1) is 0 Å². The Hall–Kier alpha value is -4.74. The van der Waals surface area contributed by atoms with Crippen LogP contribution in [0.3, 0.4) is 0 Å². The molecule has 1 heterocycles. The van der Waals surface area contributed by atoms with Crippen molar-refractivity contribution < 1.29 is 45.1 Å². The lowest BCUT2D eigenvalue weighted by atomic mass is 10.1. The van der Waals surface area contributed by atoms with Gasteiger partial charge in [0.05, 0.1) is 11.3 Å².